The maximum Gasteiger partial charge on any atom is 0.337 e. The maximum atomic E-state index is 12.8. The molecule has 0 aliphatic carbocycles. The number of hydrogen-bond donors (Lipinski definition) is 2. The number of carboxylic acid groups (broad SMARTS) is 1. The molecule has 0 bridgehead atoms. The van der Waals surface area contributed by atoms with Crippen LogP contribution in [0.1, 0.15) is 87.3 Å². The van der Waals surface area contributed by atoms with E-state index in [1.165, 1.54) is 11.1 Å². The summed E-state index contributed by atoms with van der Waals surface area (Å²) >= 11 is 0. The van der Waals surface area contributed by atoms with E-state index >= 15 is 0 Å². The fourth-order valence-electron chi connectivity index (χ4n) is 6.19. The fourth-order valence-corrected chi connectivity index (χ4v) is 6.19. The van der Waals surface area contributed by atoms with E-state index in [0.717, 1.165) is 80.2 Å². The topological polar surface area (TPSA) is 107 Å². The van der Waals surface area contributed by atoms with Crippen molar-refractivity contribution >= 4 is 11.7 Å². The summed E-state index contributed by atoms with van der Waals surface area (Å²) in [5.41, 5.74) is 8.56. The van der Waals surface area contributed by atoms with Crippen molar-refractivity contribution in [3.05, 3.63) is 58.2 Å². The van der Waals surface area contributed by atoms with Gasteiger partial charge in [-0.15, -0.1) is 0 Å². The Bertz CT molecular complexity index is 1400. The third-order valence-electron chi connectivity index (χ3n) is 8.41. The van der Waals surface area contributed by atoms with Crippen molar-refractivity contribution in [2.45, 2.75) is 92.5 Å². The van der Waals surface area contributed by atoms with E-state index in [2.05, 4.69) is 57.3 Å². The third kappa shape index (κ3) is 6.46. The summed E-state index contributed by atoms with van der Waals surface area (Å²) in [5, 5.41) is 21.3. The molecule has 3 aromatic rings. The van der Waals surface area contributed by atoms with E-state index < -0.39 is 17.7 Å². The Hall–Kier alpha value is -3.30. The molecule has 5 rings (SSSR count). The van der Waals surface area contributed by atoms with Gasteiger partial charge in [0.15, 0.2) is 6.10 Å². The van der Waals surface area contributed by atoms with E-state index in [1.54, 1.807) is 6.20 Å². The number of ether oxygens (including phenoxy) is 1. The van der Waals surface area contributed by atoms with Crippen LogP contribution in [0.5, 0.6) is 0 Å². The lowest BCUT2D eigenvalue weighted by atomic mass is 9.81. The summed E-state index contributed by atoms with van der Waals surface area (Å²) < 4.78 is 6.23. The summed E-state index contributed by atoms with van der Waals surface area (Å²) in [6.45, 7) is 18.6. The average molecular weight is 561 g/mol. The van der Waals surface area contributed by atoms with Crippen LogP contribution in [-0.2, 0) is 29.0 Å². The Morgan fingerprint density at radius 3 is 2.49 bits per heavy atom. The van der Waals surface area contributed by atoms with Crippen molar-refractivity contribution in [1.29, 1.82) is 0 Å². The molecule has 9 nitrogen and oxygen atoms in total. The van der Waals surface area contributed by atoms with Gasteiger partial charge in [0.25, 0.3) is 0 Å². The fraction of sp³-hybridized carbons (Fsp3) is 0.562. The summed E-state index contributed by atoms with van der Waals surface area (Å²) in [6, 6.07) is 6.70. The zero-order valence-corrected chi connectivity index (χ0v) is 25.5. The second-order valence-corrected chi connectivity index (χ2v) is 13.4. The minimum atomic E-state index is -1.12. The number of hydrogen-bond acceptors (Lipinski definition) is 7. The number of aliphatic carboxylic acids is 1. The van der Waals surface area contributed by atoms with Crippen molar-refractivity contribution in [2.24, 2.45) is 5.41 Å². The van der Waals surface area contributed by atoms with Gasteiger partial charge in [-0.25, -0.2) is 4.79 Å². The predicted molar refractivity (Wildman–Crippen MR) is 160 cm³/mol. The molecule has 2 N–H and O–H groups in total. The van der Waals surface area contributed by atoms with Crippen LogP contribution < -0.4 is 4.90 Å². The van der Waals surface area contributed by atoms with E-state index in [9.17, 15) is 9.90 Å². The minimum absolute atomic E-state index is 0.256. The normalized spacial score (nSPS) is 18.3. The molecule has 1 saturated heterocycles. The Morgan fingerprint density at radius 2 is 1.85 bits per heavy atom. The molecule has 1 aromatic carbocycles. The van der Waals surface area contributed by atoms with E-state index in [1.807, 2.05) is 34.6 Å². The number of nitrogens with zero attached hydrogens (tertiary/aromatic N) is 5. The number of aromatic amines is 1. The largest absolute Gasteiger partial charge is 0.479 e. The van der Waals surface area contributed by atoms with Gasteiger partial charge in [-0.1, -0.05) is 32.0 Å². The lowest BCUT2D eigenvalue weighted by Crippen LogP contribution is -2.39. The van der Waals surface area contributed by atoms with E-state index in [4.69, 9.17) is 9.72 Å². The monoisotopic (exact) mass is 560 g/mol. The molecule has 0 amide bonds. The van der Waals surface area contributed by atoms with Crippen molar-refractivity contribution in [1.82, 2.24) is 25.3 Å². The Kier molecular flexibility index (Phi) is 7.96. The molecule has 4 heterocycles. The molecule has 1 fully saturated rings. The number of piperidine rings is 1. The quantitative estimate of drug-likeness (QED) is 0.384. The number of aryl methyl sites for hydroxylation is 2. The second-order valence-electron chi connectivity index (χ2n) is 13.4. The zero-order chi connectivity index (χ0) is 29.5. The van der Waals surface area contributed by atoms with Crippen molar-refractivity contribution < 1.29 is 14.6 Å². The number of aromatic nitrogens is 4. The number of H-pyrrole nitrogens is 1. The van der Waals surface area contributed by atoms with Crippen molar-refractivity contribution in [3.63, 3.8) is 0 Å². The molecular formula is C32H44N6O3. The third-order valence-corrected chi connectivity index (χ3v) is 8.41. The number of pyridine rings is 1. The summed E-state index contributed by atoms with van der Waals surface area (Å²) in [7, 11) is 0. The van der Waals surface area contributed by atoms with Gasteiger partial charge in [-0.3, -0.25) is 9.88 Å². The lowest BCUT2D eigenvalue weighted by molar-refractivity contribution is -0.160. The number of rotatable bonds is 7. The van der Waals surface area contributed by atoms with Crippen LogP contribution in [-0.4, -0.2) is 61.6 Å². The highest BCUT2D eigenvalue weighted by Crippen LogP contribution is 2.45. The summed E-state index contributed by atoms with van der Waals surface area (Å²) in [4.78, 5) is 22.5. The number of fused-ring (bicyclic) bond motifs is 1. The average Bonchev–Trinajstić information content (AvgIpc) is 3.39. The standard InChI is InChI=1S/C32H44N6O3/c1-20-26(23-8-9-24-18-37(13-10-22(24)16-23)19-25-17-33-36-35-25)28(38-14-11-32(6,7)12-15-38)27(21(2)34-20)29(30(39)40)41-31(3,4)5/h8-9,16-17,29H,10-15,18-19H2,1-7H3,(H,39,40)(H,33,35,36)/t29-/m0/s1. The Labute approximate surface area is 243 Å². The first kappa shape index (κ1) is 29.2. The zero-order valence-electron chi connectivity index (χ0n) is 25.5. The van der Waals surface area contributed by atoms with Gasteiger partial charge in [-0.2, -0.15) is 15.4 Å². The van der Waals surface area contributed by atoms with Crippen LogP contribution in [0.4, 0.5) is 5.69 Å². The first-order valence-electron chi connectivity index (χ1n) is 14.7. The van der Waals surface area contributed by atoms with E-state index in [0.29, 0.717) is 11.3 Å². The molecule has 41 heavy (non-hydrogen) atoms. The number of anilines is 1. The van der Waals surface area contributed by atoms with Crippen LogP contribution >= 0.6 is 0 Å². The van der Waals surface area contributed by atoms with Gasteiger partial charge >= 0.3 is 5.97 Å². The number of benzene rings is 1. The smallest absolute Gasteiger partial charge is 0.337 e. The summed E-state index contributed by atoms with van der Waals surface area (Å²) in [5.74, 6) is -0.990. The molecule has 2 aromatic heterocycles. The predicted octanol–water partition coefficient (Wildman–Crippen LogP) is 5.61. The highest BCUT2D eigenvalue weighted by molar-refractivity contribution is 5.88. The van der Waals surface area contributed by atoms with Crippen molar-refractivity contribution in [2.75, 3.05) is 24.5 Å². The van der Waals surface area contributed by atoms with Crippen LogP contribution in [0.2, 0.25) is 0 Å². The molecule has 0 spiro atoms. The highest BCUT2D eigenvalue weighted by atomic mass is 16.5. The van der Waals surface area contributed by atoms with Crippen LogP contribution in [0.15, 0.2) is 24.4 Å². The number of nitrogens with one attached hydrogen (secondary N) is 1. The minimum Gasteiger partial charge on any atom is -0.479 e. The number of carbonyl (C=O) groups is 1. The second kappa shape index (κ2) is 11.2. The van der Waals surface area contributed by atoms with Crippen molar-refractivity contribution in [3.8, 4) is 11.1 Å². The Morgan fingerprint density at radius 1 is 1.12 bits per heavy atom. The molecule has 0 saturated carbocycles. The van der Waals surface area contributed by atoms with Gasteiger partial charge in [0.1, 0.15) is 0 Å². The van der Waals surface area contributed by atoms with Crippen LogP contribution in [0, 0.1) is 19.3 Å². The van der Waals surface area contributed by atoms with Gasteiger partial charge < -0.3 is 14.7 Å². The molecule has 220 valence electrons. The Balaban J connectivity index is 1.60. The number of carboxylic acids is 1. The van der Waals surface area contributed by atoms with Gasteiger partial charge in [0, 0.05) is 55.2 Å². The SMILES string of the molecule is Cc1nc(C)c([C@H](OC(C)(C)C)C(=O)O)c(N2CCC(C)(C)CC2)c1-c1ccc2c(c1)CCN(Cc1cn[nH]n1)C2. The van der Waals surface area contributed by atoms with Gasteiger partial charge in [0.2, 0.25) is 0 Å². The van der Waals surface area contributed by atoms with Crippen LogP contribution in [0.25, 0.3) is 11.1 Å². The van der Waals surface area contributed by atoms with E-state index in [-0.39, 0.29) is 5.41 Å². The molecular weight excluding hydrogens is 516 g/mol. The summed E-state index contributed by atoms with van der Waals surface area (Å²) in [6.07, 6.45) is 3.67. The first-order chi connectivity index (χ1) is 19.3. The molecule has 0 unspecified atom stereocenters. The molecule has 2 aliphatic rings. The van der Waals surface area contributed by atoms with Crippen LogP contribution in [0.3, 0.4) is 0 Å². The lowest BCUT2D eigenvalue weighted by Gasteiger charge is -2.41. The molecule has 2 aliphatic heterocycles. The van der Waals surface area contributed by atoms with Gasteiger partial charge in [0.05, 0.1) is 23.2 Å². The highest BCUT2D eigenvalue weighted by Gasteiger charge is 2.36. The molecule has 1 atom stereocenters. The first-order valence-corrected chi connectivity index (χ1v) is 14.7. The van der Waals surface area contributed by atoms with Gasteiger partial charge in [-0.05, 0) is 76.0 Å². The molecule has 9 heteroatoms. The molecule has 0 radical (unpaired) electrons. The maximum absolute atomic E-state index is 12.8.